The Morgan fingerprint density at radius 3 is 1.47 bits per heavy atom. The van der Waals surface area contributed by atoms with Gasteiger partial charge in [-0.25, -0.2) is 19.4 Å². The Balaban J connectivity index is 1.48. The summed E-state index contributed by atoms with van der Waals surface area (Å²) < 4.78 is 22.4. The second-order valence-electron chi connectivity index (χ2n) is 9.76. The van der Waals surface area contributed by atoms with Crippen LogP contribution in [0.15, 0.2) is 0 Å². The van der Waals surface area contributed by atoms with Crippen LogP contribution in [0.4, 0.5) is 9.59 Å². The zero-order chi connectivity index (χ0) is 25.1. The first kappa shape index (κ1) is 28.6. The molecule has 2 heterocycles. The Morgan fingerprint density at radius 1 is 0.735 bits per heavy atom. The zero-order valence-electron chi connectivity index (χ0n) is 21.9. The molecule has 34 heavy (non-hydrogen) atoms. The molecule has 0 aromatic rings. The minimum Gasteiger partial charge on any atom is -0.430 e. The molecule has 4 unspecified atom stereocenters. The van der Waals surface area contributed by atoms with E-state index in [1.165, 1.54) is 0 Å². The molecule has 2 aliphatic heterocycles. The van der Waals surface area contributed by atoms with E-state index in [1.54, 1.807) is 0 Å². The minimum absolute atomic E-state index is 0.0110. The van der Waals surface area contributed by atoms with Gasteiger partial charge >= 0.3 is 12.2 Å². The molecule has 2 N–H and O–H groups in total. The molecule has 2 saturated heterocycles. The maximum atomic E-state index is 12.1. The highest BCUT2D eigenvalue weighted by molar-refractivity contribution is 5.67. The third-order valence-electron chi connectivity index (χ3n) is 6.20. The van der Waals surface area contributed by atoms with E-state index in [1.807, 2.05) is 13.8 Å². The number of carbonyl (C=O) groups excluding carboxylic acids is 2. The number of rotatable bonds is 13. The Morgan fingerprint density at radius 2 is 1.12 bits per heavy atom. The third-order valence-corrected chi connectivity index (χ3v) is 6.20. The lowest BCUT2D eigenvalue weighted by atomic mass is 10.2. The van der Waals surface area contributed by atoms with Crippen molar-refractivity contribution in [1.29, 1.82) is 0 Å². The van der Waals surface area contributed by atoms with Crippen molar-refractivity contribution in [3.8, 4) is 0 Å². The smallest absolute Gasteiger partial charge is 0.408 e. The number of amides is 2. The van der Waals surface area contributed by atoms with Crippen LogP contribution in [-0.2, 0) is 18.9 Å². The van der Waals surface area contributed by atoms with Crippen molar-refractivity contribution in [2.24, 2.45) is 11.8 Å². The first-order valence-electron chi connectivity index (χ1n) is 12.8. The number of unbranched alkanes of at least 4 members (excludes halogenated alkanes) is 3. The van der Waals surface area contributed by atoms with Gasteiger partial charge in [-0.15, -0.1) is 0 Å². The van der Waals surface area contributed by atoms with Crippen LogP contribution < -0.4 is 10.6 Å². The molecule has 198 valence electrons. The van der Waals surface area contributed by atoms with Gasteiger partial charge in [0, 0.05) is 26.2 Å². The third kappa shape index (κ3) is 9.20. The van der Waals surface area contributed by atoms with Crippen molar-refractivity contribution >= 4 is 12.2 Å². The SMILES string of the molecule is CC(C)C1OCCN1C(C)OC(=O)NCCCCCCNC(=O)OC(C)N1CCOC1C(C)C. The molecular weight excluding hydrogens is 440 g/mol. The summed E-state index contributed by atoms with van der Waals surface area (Å²) in [5.74, 6) is 0.682. The van der Waals surface area contributed by atoms with Gasteiger partial charge in [-0.1, -0.05) is 40.5 Å². The average Bonchev–Trinajstić information content (AvgIpc) is 3.45. The van der Waals surface area contributed by atoms with Crippen LogP contribution in [-0.4, -0.2) is 86.3 Å². The number of alkyl carbamates (subject to hydrolysis) is 2. The number of ether oxygens (including phenoxy) is 4. The van der Waals surface area contributed by atoms with E-state index in [-0.39, 0.29) is 24.9 Å². The fourth-order valence-electron chi connectivity index (χ4n) is 4.44. The molecule has 0 spiro atoms. The van der Waals surface area contributed by atoms with Crippen molar-refractivity contribution in [3.05, 3.63) is 0 Å². The summed E-state index contributed by atoms with van der Waals surface area (Å²) >= 11 is 0. The summed E-state index contributed by atoms with van der Waals surface area (Å²) in [6.07, 6.45) is 2.17. The molecular formula is C24H46N4O6. The van der Waals surface area contributed by atoms with E-state index in [9.17, 15) is 9.59 Å². The summed E-state index contributed by atoms with van der Waals surface area (Å²) in [4.78, 5) is 28.3. The van der Waals surface area contributed by atoms with E-state index in [4.69, 9.17) is 18.9 Å². The molecule has 2 amide bonds. The van der Waals surface area contributed by atoms with E-state index in [2.05, 4.69) is 48.1 Å². The molecule has 4 atom stereocenters. The predicted octanol–water partition coefficient (Wildman–Crippen LogP) is 3.32. The minimum atomic E-state index is -0.399. The largest absolute Gasteiger partial charge is 0.430 e. The van der Waals surface area contributed by atoms with E-state index in [0.29, 0.717) is 38.1 Å². The van der Waals surface area contributed by atoms with Crippen molar-refractivity contribution < 1.29 is 28.5 Å². The van der Waals surface area contributed by atoms with Gasteiger partial charge in [-0.3, -0.25) is 0 Å². The van der Waals surface area contributed by atoms with Crippen LogP contribution in [0.5, 0.6) is 0 Å². The fraction of sp³-hybridized carbons (Fsp3) is 0.917. The lowest BCUT2D eigenvalue weighted by molar-refractivity contribution is -0.0803. The second kappa shape index (κ2) is 14.7. The number of nitrogens with one attached hydrogen (secondary N) is 2. The predicted molar refractivity (Wildman–Crippen MR) is 129 cm³/mol. The van der Waals surface area contributed by atoms with Crippen molar-refractivity contribution in [2.75, 3.05) is 39.4 Å². The second-order valence-corrected chi connectivity index (χ2v) is 9.76. The zero-order valence-corrected chi connectivity index (χ0v) is 21.9. The summed E-state index contributed by atoms with van der Waals surface area (Å²) in [5.41, 5.74) is 0. The van der Waals surface area contributed by atoms with Crippen molar-refractivity contribution in [1.82, 2.24) is 20.4 Å². The van der Waals surface area contributed by atoms with Crippen LogP contribution in [0.25, 0.3) is 0 Å². The maximum absolute atomic E-state index is 12.1. The van der Waals surface area contributed by atoms with E-state index < -0.39 is 12.2 Å². The average molecular weight is 487 g/mol. The summed E-state index contributed by atoms with van der Waals surface area (Å²) in [6.45, 7) is 16.1. The Hall–Kier alpha value is -1.62. The first-order chi connectivity index (χ1) is 16.2. The van der Waals surface area contributed by atoms with Crippen LogP contribution in [0.2, 0.25) is 0 Å². The molecule has 0 aromatic heterocycles. The van der Waals surface area contributed by atoms with Gasteiger partial charge in [0.05, 0.1) is 13.2 Å². The number of hydrogen-bond acceptors (Lipinski definition) is 8. The van der Waals surface area contributed by atoms with Crippen molar-refractivity contribution in [3.63, 3.8) is 0 Å². The van der Waals surface area contributed by atoms with Gasteiger partial charge in [-0.05, 0) is 38.5 Å². The van der Waals surface area contributed by atoms with Gasteiger partial charge in [0.1, 0.15) is 12.5 Å². The number of nitrogens with zero attached hydrogens (tertiary/aromatic N) is 2. The Kier molecular flexibility index (Phi) is 12.4. The molecule has 2 fully saturated rings. The Labute approximate surface area is 205 Å². The van der Waals surface area contributed by atoms with Gasteiger partial charge in [0.25, 0.3) is 0 Å². The Bertz CT molecular complexity index is 568. The number of hydrogen-bond donors (Lipinski definition) is 2. The molecule has 0 radical (unpaired) electrons. The molecule has 2 aliphatic rings. The molecule has 2 rings (SSSR count). The highest BCUT2D eigenvalue weighted by atomic mass is 16.6. The summed E-state index contributed by atoms with van der Waals surface area (Å²) in [7, 11) is 0. The highest BCUT2D eigenvalue weighted by Crippen LogP contribution is 2.22. The summed E-state index contributed by atoms with van der Waals surface area (Å²) in [6, 6.07) is 0. The highest BCUT2D eigenvalue weighted by Gasteiger charge is 2.34. The van der Waals surface area contributed by atoms with Gasteiger partial charge in [0.15, 0.2) is 12.5 Å². The molecule has 0 saturated carbocycles. The van der Waals surface area contributed by atoms with Crippen molar-refractivity contribution in [2.45, 2.75) is 92.1 Å². The molecule has 10 nitrogen and oxygen atoms in total. The first-order valence-corrected chi connectivity index (χ1v) is 12.8. The number of carbonyl (C=O) groups is 2. The van der Waals surface area contributed by atoms with Crippen LogP contribution in [0, 0.1) is 11.8 Å². The van der Waals surface area contributed by atoms with Gasteiger partial charge in [0.2, 0.25) is 0 Å². The van der Waals surface area contributed by atoms with E-state index >= 15 is 0 Å². The quantitative estimate of drug-likeness (QED) is 0.382. The lowest BCUT2D eigenvalue weighted by Gasteiger charge is -2.30. The summed E-state index contributed by atoms with van der Waals surface area (Å²) in [5, 5.41) is 5.63. The van der Waals surface area contributed by atoms with Crippen LogP contribution >= 0.6 is 0 Å². The molecule has 0 aliphatic carbocycles. The molecule has 0 aromatic carbocycles. The topological polar surface area (TPSA) is 102 Å². The van der Waals surface area contributed by atoms with Gasteiger partial charge < -0.3 is 29.6 Å². The van der Waals surface area contributed by atoms with E-state index in [0.717, 1.165) is 38.8 Å². The maximum Gasteiger partial charge on any atom is 0.408 e. The normalized spacial score (nSPS) is 23.3. The van der Waals surface area contributed by atoms with Crippen LogP contribution in [0.1, 0.15) is 67.2 Å². The lowest BCUT2D eigenvalue weighted by Crippen LogP contribution is -2.44. The standard InChI is InChI=1S/C24H46N4O6/c1-17(2)21-27(13-15-31-21)19(5)33-23(29)25-11-9-7-8-10-12-26-24(30)34-20(6)28-14-16-32-22(28)18(3)4/h17-22H,7-16H2,1-6H3,(H,25,29)(H,26,30). The molecule has 10 heteroatoms. The van der Waals surface area contributed by atoms with Crippen LogP contribution in [0.3, 0.4) is 0 Å². The fourth-order valence-corrected chi connectivity index (χ4v) is 4.44. The van der Waals surface area contributed by atoms with Gasteiger partial charge in [-0.2, -0.15) is 0 Å². The monoisotopic (exact) mass is 486 g/mol. The molecule has 0 bridgehead atoms.